The van der Waals surface area contributed by atoms with Gasteiger partial charge in [0.2, 0.25) is 0 Å². The predicted octanol–water partition coefficient (Wildman–Crippen LogP) is 2.37. The second-order valence-corrected chi connectivity index (χ2v) is 4.37. The number of nitrogen functional groups attached to an aromatic ring is 1. The second kappa shape index (κ2) is 4.68. The molecular formula is C13H17FN4. The van der Waals surface area contributed by atoms with Gasteiger partial charge in [-0.3, -0.25) is 4.68 Å². The summed E-state index contributed by atoms with van der Waals surface area (Å²) in [4.78, 5) is 0. The highest BCUT2D eigenvalue weighted by Gasteiger charge is 2.10. The van der Waals surface area contributed by atoms with Gasteiger partial charge >= 0.3 is 0 Å². The number of rotatable bonds is 3. The number of nitrogens with zero attached hydrogens (tertiary/aromatic N) is 2. The van der Waals surface area contributed by atoms with Crippen LogP contribution in [0.5, 0.6) is 0 Å². The molecule has 0 bridgehead atoms. The van der Waals surface area contributed by atoms with Crippen molar-refractivity contribution in [3.8, 4) is 0 Å². The molecule has 0 spiro atoms. The summed E-state index contributed by atoms with van der Waals surface area (Å²) in [6.07, 6.45) is 0. The Morgan fingerprint density at radius 2 is 2.11 bits per heavy atom. The van der Waals surface area contributed by atoms with Crippen LogP contribution in [0, 0.1) is 19.7 Å². The lowest BCUT2D eigenvalue weighted by atomic mass is 10.2. The molecule has 1 heterocycles. The zero-order chi connectivity index (χ0) is 13.3. The number of benzene rings is 1. The lowest BCUT2D eigenvalue weighted by Crippen LogP contribution is -2.04. The van der Waals surface area contributed by atoms with Gasteiger partial charge in [0.25, 0.3) is 0 Å². The van der Waals surface area contributed by atoms with Gasteiger partial charge in [0.05, 0.1) is 11.4 Å². The van der Waals surface area contributed by atoms with Crippen molar-refractivity contribution in [3.63, 3.8) is 0 Å². The lowest BCUT2D eigenvalue weighted by Gasteiger charge is -2.08. The molecule has 0 unspecified atom stereocenters. The highest BCUT2D eigenvalue weighted by Crippen LogP contribution is 2.19. The Bertz CT molecular complexity index is 575. The molecule has 0 aliphatic heterocycles. The van der Waals surface area contributed by atoms with Gasteiger partial charge in [-0.25, -0.2) is 4.39 Å². The van der Waals surface area contributed by atoms with Crippen molar-refractivity contribution in [1.29, 1.82) is 0 Å². The summed E-state index contributed by atoms with van der Waals surface area (Å²) in [5, 5.41) is 7.39. The largest absolute Gasteiger partial charge is 0.399 e. The van der Waals surface area contributed by atoms with Gasteiger partial charge in [-0.2, -0.15) is 5.10 Å². The molecule has 0 fully saturated rings. The summed E-state index contributed by atoms with van der Waals surface area (Å²) in [5.74, 6) is -0.339. The Hall–Kier alpha value is -2.04. The van der Waals surface area contributed by atoms with E-state index < -0.39 is 0 Å². The summed E-state index contributed by atoms with van der Waals surface area (Å²) in [6.45, 7) is 4.49. The van der Waals surface area contributed by atoms with E-state index in [9.17, 15) is 4.39 Å². The molecule has 18 heavy (non-hydrogen) atoms. The van der Waals surface area contributed by atoms with Crippen molar-refractivity contribution in [2.24, 2.45) is 7.05 Å². The number of anilines is 2. The smallest absolute Gasteiger partial charge is 0.148 e. The fraction of sp³-hybridized carbons (Fsp3) is 0.308. The molecule has 4 nitrogen and oxygen atoms in total. The van der Waals surface area contributed by atoms with Gasteiger partial charge < -0.3 is 11.1 Å². The van der Waals surface area contributed by atoms with Crippen LogP contribution in [0.2, 0.25) is 0 Å². The average molecular weight is 248 g/mol. The number of hydrogen-bond acceptors (Lipinski definition) is 3. The van der Waals surface area contributed by atoms with E-state index in [0.29, 0.717) is 17.9 Å². The third kappa shape index (κ3) is 2.30. The molecule has 0 saturated carbocycles. The number of hydrogen-bond donors (Lipinski definition) is 2. The van der Waals surface area contributed by atoms with E-state index in [1.54, 1.807) is 12.1 Å². The van der Waals surface area contributed by atoms with Crippen LogP contribution in [0.4, 0.5) is 15.8 Å². The van der Waals surface area contributed by atoms with E-state index in [2.05, 4.69) is 10.4 Å². The van der Waals surface area contributed by atoms with Crippen LogP contribution in [0.1, 0.15) is 17.0 Å². The van der Waals surface area contributed by atoms with Gasteiger partial charge in [-0.05, 0) is 32.0 Å². The quantitative estimate of drug-likeness (QED) is 0.820. The summed E-state index contributed by atoms with van der Waals surface area (Å²) >= 11 is 0. The van der Waals surface area contributed by atoms with Gasteiger partial charge in [0, 0.05) is 30.5 Å². The fourth-order valence-corrected chi connectivity index (χ4v) is 1.93. The maximum Gasteiger partial charge on any atom is 0.148 e. The first kappa shape index (κ1) is 12.4. The van der Waals surface area contributed by atoms with E-state index in [0.717, 1.165) is 17.0 Å². The first-order chi connectivity index (χ1) is 8.49. The SMILES string of the molecule is Cc1nn(C)c(C)c1CNc1ccc(N)cc1F. The van der Waals surface area contributed by atoms with E-state index in [1.807, 2.05) is 25.6 Å². The van der Waals surface area contributed by atoms with E-state index in [4.69, 9.17) is 5.73 Å². The number of aromatic nitrogens is 2. The van der Waals surface area contributed by atoms with Crippen molar-refractivity contribution >= 4 is 11.4 Å². The Kier molecular flexibility index (Phi) is 3.23. The second-order valence-electron chi connectivity index (χ2n) is 4.37. The van der Waals surface area contributed by atoms with Crippen molar-refractivity contribution in [2.45, 2.75) is 20.4 Å². The molecule has 2 aromatic rings. The summed E-state index contributed by atoms with van der Waals surface area (Å²) in [5.41, 5.74) is 9.51. The van der Waals surface area contributed by atoms with Crippen LogP contribution in [0.15, 0.2) is 18.2 Å². The minimum atomic E-state index is -0.339. The first-order valence-corrected chi connectivity index (χ1v) is 5.77. The van der Waals surface area contributed by atoms with Crippen LogP contribution in [0.25, 0.3) is 0 Å². The van der Waals surface area contributed by atoms with Gasteiger partial charge in [0.1, 0.15) is 5.82 Å². The Labute approximate surface area is 106 Å². The zero-order valence-corrected chi connectivity index (χ0v) is 10.8. The highest BCUT2D eigenvalue weighted by atomic mass is 19.1. The predicted molar refractivity (Wildman–Crippen MR) is 70.8 cm³/mol. The molecule has 0 aliphatic rings. The van der Waals surface area contributed by atoms with Crippen molar-refractivity contribution in [2.75, 3.05) is 11.1 Å². The minimum absolute atomic E-state index is 0.339. The van der Waals surface area contributed by atoms with Crippen molar-refractivity contribution in [3.05, 3.63) is 41.0 Å². The summed E-state index contributed by atoms with van der Waals surface area (Å²) < 4.78 is 15.4. The normalized spacial score (nSPS) is 10.7. The van der Waals surface area contributed by atoms with Gasteiger partial charge in [-0.15, -0.1) is 0 Å². The molecule has 2 rings (SSSR count). The minimum Gasteiger partial charge on any atom is -0.399 e. The van der Waals surface area contributed by atoms with Crippen LogP contribution in [-0.2, 0) is 13.6 Å². The number of nitrogens with one attached hydrogen (secondary N) is 1. The molecule has 0 amide bonds. The van der Waals surface area contributed by atoms with E-state index in [1.165, 1.54) is 6.07 Å². The lowest BCUT2D eigenvalue weighted by molar-refractivity contribution is 0.630. The fourth-order valence-electron chi connectivity index (χ4n) is 1.93. The maximum absolute atomic E-state index is 13.6. The molecule has 3 N–H and O–H groups in total. The van der Waals surface area contributed by atoms with Gasteiger partial charge in [0.15, 0.2) is 0 Å². The number of halogens is 1. The first-order valence-electron chi connectivity index (χ1n) is 5.77. The summed E-state index contributed by atoms with van der Waals surface area (Å²) in [6, 6.07) is 4.63. The van der Waals surface area contributed by atoms with Gasteiger partial charge in [-0.1, -0.05) is 0 Å². The number of nitrogens with two attached hydrogens (primary N) is 1. The van der Waals surface area contributed by atoms with Crippen LogP contribution in [0.3, 0.4) is 0 Å². The highest BCUT2D eigenvalue weighted by molar-refractivity contribution is 5.53. The maximum atomic E-state index is 13.6. The standard InChI is InChI=1S/C13H17FN4/c1-8-11(9(2)18(3)17-8)7-16-13-5-4-10(15)6-12(13)14/h4-6,16H,7,15H2,1-3H3. The van der Waals surface area contributed by atoms with E-state index in [-0.39, 0.29) is 5.82 Å². The summed E-state index contributed by atoms with van der Waals surface area (Å²) in [7, 11) is 1.90. The van der Waals surface area contributed by atoms with Crippen LogP contribution >= 0.6 is 0 Å². The molecule has 5 heteroatoms. The molecule has 0 radical (unpaired) electrons. The molecular weight excluding hydrogens is 231 g/mol. The monoisotopic (exact) mass is 248 g/mol. The molecule has 1 aromatic heterocycles. The zero-order valence-electron chi connectivity index (χ0n) is 10.8. The molecule has 1 aromatic carbocycles. The molecule has 0 saturated heterocycles. The van der Waals surface area contributed by atoms with Crippen LogP contribution in [-0.4, -0.2) is 9.78 Å². The third-order valence-corrected chi connectivity index (χ3v) is 3.11. The molecule has 0 atom stereocenters. The van der Waals surface area contributed by atoms with Crippen molar-refractivity contribution in [1.82, 2.24) is 9.78 Å². The topological polar surface area (TPSA) is 55.9 Å². The van der Waals surface area contributed by atoms with Crippen molar-refractivity contribution < 1.29 is 4.39 Å². The average Bonchev–Trinajstić information content (AvgIpc) is 2.53. The Morgan fingerprint density at radius 3 is 2.67 bits per heavy atom. The Balaban J connectivity index is 2.16. The number of aryl methyl sites for hydroxylation is 2. The third-order valence-electron chi connectivity index (χ3n) is 3.11. The van der Waals surface area contributed by atoms with E-state index >= 15 is 0 Å². The molecule has 0 aliphatic carbocycles. The van der Waals surface area contributed by atoms with Crippen LogP contribution < -0.4 is 11.1 Å². The Morgan fingerprint density at radius 1 is 1.39 bits per heavy atom. The molecule has 96 valence electrons.